The van der Waals surface area contributed by atoms with Gasteiger partial charge in [-0.2, -0.15) is 0 Å². The van der Waals surface area contributed by atoms with Crippen molar-refractivity contribution < 1.29 is 4.79 Å². The number of carbonyl (C=O) groups excluding carboxylic acids is 1. The van der Waals surface area contributed by atoms with Crippen LogP contribution >= 0.6 is 0 Å². The topological polar surface area (TPSA) is 37.3 Å². The lowest BCUT2D eigenvalue weighted by Gasteiger charge is -2.13. The van der Waals surface area contributed by atoms with E-state index >= 15 is 0 Å². The molecular formula is C19H21N3O. The van der Waals surface area contributed by atoms with E-state index in [-0.39, 0.29) is 5.91 Å². The van der Waals surface area contributed by atoms with E-state index in [9.17, 15) is 4.79 Å². The van der Waals surface area contributed by atoms with Gasteiger partial charge in [0.15, 0.2) is 0 Å². The molecule has 0 saturated carbocycles. The van der Waals surface area contributed by atoms with Gasteiger partial charge in [0.1, 0.15) is 0 Å². The molecule has 0 bridgehead atoms. The molecule has 0 aliphatic heterocycles. The third-order valence-corrected chi connectivity index (χ3v) is 4.04. The summed E-state index contributed by atoms with van der Waals surface area (Å²) in [6.07, 6.45) is 2.07. The number of aryl methyl sites for hydroxylation is 1. The Balaban J connectivity index is 1.77. The minimum absolute atomic E-state index is 0.0540. The minimum Gasteiger partial charge on any atom is -0.378 e. The first-order valence-electron chi connectivity index (χ1n) is 7.65. The summed E-state index contributed by atoms with van der Waals surface area (Å²) in [6.45, 7) is 0.520. The third-order valence-electron chi connectivity index (χ3n) is 4.04. The van der Waals surface area contributed by atoms with Crippen molar-refractivity contribution in [1.29, 1.82) is 0 Å². The lowest BCUT2D eigenvalue weighted by molar-refractivity contribution is 0.0951. The average Bonchev–Trinajstić information content (AvgIpc) is 2.89. The molecular weight excluding hydrogens is 286 g/mol. The predicted octanol–water partition coefficient (Wildman–Crippen LogP) is 3.17. The Morgan fingerprint density at radius 2 is 1.91 bits per heavy atom. The van der Waals surface area contributed by atoms with Crippen LogP contribution in [0.3, 0.4) is 0 Å². The number of hydrogen-bond acceptors (Lipinski definition) is 2. The second-order valence-corrected chi connectivity index (χ2v) is 5.91. The molecule has 3 aromatic rings. The van der Waals surface area contributed by atoms with Crippen LogP contribution in [0.15, 0.2) is 54.7 Å². The standard InChI is InChI=1S/C19H21N3O/c1-21(2)16-8-6-7-14(11-16)19(23)20-12-15-13-22(3)18-10-5-4-9-17(15)18/h4-11,13H,12H2,1-3H3,(H,20,23). The fourth-order valence-corrected chi connectivity index (χ4v) is 2.77. The van der Waals surface area contributed by atoms with Gasteiger partial charge in [-0.25, -0.2) is 0 Å². The molecule has 0 fully saturated rings. The Morgan fingerprint density at radius 3 is 2.70 bits per heavy atom. The molecule has 23 heavy (non-hydrogen) atoms. The zero-order valence-corrected chi connectivity index (χ0v) is 13.7. The maximum absolute atomic E-state index is 12.4. The molecule has 1 N–H and O–H groups in total. The molecule has 0 atom stereocenters. The SMILES string of the molecule is CN(C)c1cccc(C(=O)NCc2cn(C)c3ccccc23)c1. The molecule has 0 aliphatic rings. The van der Waals surface area contributed by atoms with Crippen LogP contribution in [0, 0.1) is 0 Å². The van der Waals surface area contributed by atoms with Gasteiger partial charge in [0.05, 0.1) is 0 Å². The number of para-hydroxylation sites is 1. The van der Waals surface area contributed by atoms with Crippen LogP contribution in [0.25, 0.3) is 10.9 Å². The number of carbonyl (C=O) groups is 1. The zero-order chi connectivity index (χ0) is 16.4. The zero-order valence-electron chi connectivity index (χ0n) is 13.7. The minimum atomic E-state index is -0.0540. The van der Waals surface area contributed by atoms with Gasteiger partial charge in [-0.05, 0) is 29.8 Å². The van der Waals surface area contributed by atoms with Crippen molar-refractivity contribution in [1.82, 2.24) is 9.88 Å². The van der Waals surface area contributed by atoms with Gasteiger partial charge in [0, 0.05) is 56.0 Å². The molecule has 4 heteroatoms. The summed E-state index contributed by atoms with van der Waals surface area (Å²) >= 11 is 0. The first-order valence-corrected chi connectivity index (χ1v) is 7.65. The summed E-state index contributed by atoms with van der Waals surface area (Å²) in [6, 6.07) is 15.9. The van der Waals surface area contributed by atoms with Crippen LogP contribution in [0.2, 0.25) is 0 Å². The van der Waals surface area contributed by atoms with Crippen molar-refractivity contribution >= 4 is 22.5 Å². The maximum atomic E-state index is 12.4. The molecule has 4 nitrogen and oxygen atoms in total. The molecule has 0 radical (unpaired) electrons. The van der Waals surface area contributed by atoms with Gasteiger partial charge in [0.25, 0.3) is 5.91 Å². The highest BCUT2D eigenvalue weighted by Crippen LogP contribution is 2.20. The molecule has 1 amide bonds. The van der Waals surface area contributed by atoms with Crippen molar-refractivity contribution in [2.45, 2.75) is 6.54 Å². The number of nitrogens with one attached hydrogen (secondary N) is 1. The van der Waals surface area contributed by atoms with Crippen LogP contribution < -0.4 is 10.2 Å². The van der Waals surface area contributed by atoms with Crippen LogP contribution in [-0.4, -0.2) is 24.6 Å². The van der Waals surface area contributed by atoms with E-state index in [1.165, 1.54) is 10.9 Å². The molecule has 0 aliphatic carbocycles. The summed E-state index contributed by atoms with van der Waals surface area (Å²) in [7, 11) is 5.95. The van der Waals surface area contributed by atoms with E-state index in [1.807, 2.05) is 62.4 Å². The van der Waals surface area contributed by atoms with Crippen molar-refractivity contribution in [3.05, 3.63) is 65.9 Å². The molecule has 1 aromatic heterocycles. The van der Waals surface area contributed by atoms with Gasteiger partial charge < -0.3 is 14.8 Å². The Bertz CT molecular complexity index is 849. The van der Waals surface area contributed by atoms with E-state index in [2.05, 4.69) is 28.2 Å². The van der Waals surface area contributed by atoms with Crippen LogP contribution in [0.1, 0.15) is 15.9 Å². The first kappa shape index (κ1) is 15.2. The summed E-state index contributed by atoms with van der Waals surface area (Å²) in [5.74, 6) is -0.0540. The maximum Gasteiger partial charge on any atom is 0.251 e. The van der Waals surface area contributed by atoms with Gasteiger partial charge in [-0.1, -0.05) is 24.3 Å². The average molecular weight is 307 g/mol. The lowest BCUT2D eigenvalue weighted by atomic mass is 10.1. The van der Waals surface area contributed by atoms with Crippen molar-refractivity contribution in [3.8, 4) is 0 Å². The highest BCUT2D eigenvalue weighted by Gasteiger charge is 2.10. The van der Waals surface area contributed by atoms with Crippen molar-refractivity contribution in [2.24, 2.45) is 7.05 Å². The summed E-state index contributed by atoms with van der Waals surface area (Å²) in [4.78, 5) is 14.4. The third kappa shape index (κ3) is 3.06. The second kappa shape index (κ2) is 6.16. The second-order valence-electron chi connectivity index (χ2n) is 5.91. The molecule has 118 valence electrons. The number of nitrogens with zero attached hydrogens (tertiary/aromatic N) is 2. The van der Waals surface area contributed by atoms with Gasteiger partial charge in [0.2, 0.25) is 0 Å². The number of fused-ring (bicyclic) bond motifs is 1. The summed E-state index contributed by atoms with van der Waals surface area (Å²) in [5.41, 5.74) is 3.99. The number of hydrogen-bond donors (Lipinski definition) is 1. The molecule has 3 rings (SSSR count). The van der Waals surface area contributed by atoms with E-state index in [4.69, 9.17) is 0 Å². The van der Waals surface area contributed by atoms with Crippen LogP contribution in [0.4, 0.5) is 5.69 Å². The van der Waals surface area contributed by atoms with E-state index in [0.29, 0.717) is 12.1 Å². The number of benzene rings is 2. The van der Waals surface area contributed by atoms with E-state index < -0.39 is 0 Å². The van der Waals surface area contributed by atoms with E-state index in [1.54, 1.807) is 0 Å². The fourth-order valence-electron chi connectivity index (χ4n) is 2.77. The largest absolute Gasteiger partial charge is 0.378 e. The molecule has 2 aromatic carbocycles. The van der Waals surface area contributed by atoms with Crippen molar-refractivity contribution in [3.63, 3.8) is 0 Å². The normalized spacial score (nSPS) is 10.7. The van der Waals surface area contributed by atoms with Crippen LogP contribution in [-0.2, 0) is 13.6 Å². The number of aromatic nitrogens is 1. The van der Waals surface area contributed by atoms with Gasteiger partial charge in [-0.15, -0.1) is 0 Å². The molecule has 0 spiro atoms. The predicted molar refractivity (Wildman–Crippen MR) is 94.9 cm³/mol. The highest BCUT2D eigenvalue weighted by molar-refractivity contribution is 5.95. The fraction of sp³-hybridized carbons (Fsp3) is 0.211. The van der Waals surface area contributed by atoms with Crippen molar-refractivity contribution in [2.75, 3.05) is 19.0 Å². The number of amides is 1. The monoisotopic (exact) mass is 307 g/mol. The van der Waals surface area contributed by atoms with Crippen LogP contribution in [0.5, 0.6) is 0 Å². The highest BCUT2D eigenvalue weighted by atomic mass is 16.1. The Morgan fingerprint density at radius 1 is 1.13 bits per heavy atom. The number of anilines is 1. The summed E-state index contributed by atoms with van der Waals surface area (Å²) in [5, 5.41) is 4.19. The Hall–Kier alpha value is -2.75. The molecule has 0 unspecified atom stereocenters. The Kier molecular flexibility index (Phi) is 4.06. The Labute approximate surface area is 136 Å². The lowest BCUT2D eigenvalue weighted by Crippen LogP contribution is -2.23. The molecule has 0 saturated heterocycles. The summed E-state index contributed by atoms with van der Waals surface area (Å²) < 4.78 is 2.09. The molecule has 1 heterocycles. The smallest absolute Gasteiger partial charge is 0.251 e. The quantitative estimate of drug-likeness (QED) is 0.804. The van der Waals surface area contributed by atoms with E-state index in [0.717, 1.165) is 11.3 Å². The van der Waals surface area contributed by atoms with Gasteiger partial charge in [-0.3, -0.25) is 4.79 Å². The number of rotatable bonds is 4. The van der Waals surface area contributed by atoms with Gasteiger partial charge >= 0.3 is 0 Å². The first-order chi connectivity index (χ1) is 11.1.